The van der Waals surface area contributed by atoms with Crippen LogP contribution in [0.25, 0.3) is 0 Å². The number of hydrogen-bond acceptors (Lipinski definition) is 5. The fourth-order valence-corrected chi connectivity index (χ4v) is 2.97. The molecule has 0 saturated heterocycles. The third kappa shape index (κ3) is 6.11. The van der Waals surface area contributed by atoms with Gasteiger partial charge in [-0.05, 0) is 50.2 Å². The van der Waals surface area contributed by atoms with Crippen LogP contribution in [0, 0.1) is 0 Å². The van der Waals surface area contributed by atoms with Gasteiger partial charge < -0.3 is 14.8 Å². The van der Waals surface area contributed by atoms with E-state index >= 15 is 0 Å². The smallest absolute Gasteiger partial charge is 0.234 e. The molecular weight excluding hydrogens is 350 g/mol. The molecule has 0 aliphatic rings. The van der Waals surface area contributed by atoms with Crippen molar-refractivity contribution in [3.8, 4) is 11.5 Å². The van der Waals surface area contributed by atoms with Gasteiger partial charge in [0.25, 0.3) is 0 Å². The van der Waals surface area contributed by atoms with Gasteiger partial charge in [-0.15, -0.1) is 11.8 Å². The van der Waals surface area contributed by atoms with Crippen molar-refractivity contribution in [3.05, 3.63) is 54.1 Å². The van der Waals surface area contributed by atoms with Gasteiger partial charge in [0, 0.05) is 5.56 Å². The number of para-hydroxylation sites is 2. The second-order valence-corrected chi connectivity index (χ2v) is 6.34. The molecule has 0 spiro atoms. The predicted molar refractivity (Wildman–Crippen MR) is 106 cm³/mol. The summed E-state index contributed by atoms with van der Waals surface area (Å²) >= 11 is 1.28. The molecule has 6 heteroatoms. The maximum absolute atomic E-state index is 12.2. The van der Waals surface area contributed by atoms with Crippen molar-refractivity contribution in [2.45, 2.75) is 13.8 Å². The van der Waals surface area contributed by atoms with Crippen molar-refractivity contribution >= 4 is 29.1 Å². The molecule has 0 radical (unpaired) electrons. The van der Waals surface area contributed by atoms with E-state index in [-0.39, 0.29) is 23.2 Å². The lowest BCUT2D eigenvalue weighted by molar-refractivity contribution is -0.113. The average molecular weight is 373 g/mol. The number of amides is 1. The van der Waals surface area contributed by atoms with Crippen LogP contribution in [0.2, 0.25) is 0 Å². The molecule has 2 rings (SSSR count). The quantitative estimate of drug-likeness (QED) is 0.637. The van der Waals surface area contributed by atoms with Crippen LogP contribution in [0.15, 0.2) is 48.5 Å². The molecule has 0 atom stereocenters. The summed E-state index contributed by atoms with van der Waals surface area (Å²) in [6.45, 7) is 4.91. The Morgan fingerprint density at radius 3 is 2.31 bits per heavy atom. The summed E-state index contributed by atoms with van der Waals surface area (Å²) < 4.78 is 10.8. The van der Waals surface area contributed by atoms with Crippen molar-refractivity contribution in [2.75, 3.05) is 30.0 Å². The second-order valence-electron chi connectivity index (χ2n) is 5.35. The molecule has 0 aliphatic carbocycles. The van der Waals surface area contributed by atoms with E-state index in [4.69, 9.17) is 9.47 Å². The van der Waals surface area contributed by atoms with Crippen LogP contribution in [-0.4, -0.2) is 36.4 Å². The molecule has 1 amide bonds. The number of benzene rings is 2. The zero-order chi connectivity index (χ0) is 18.8. The number of nitrogens with one attached hydrogen (secondary N) is 1. The van der Waals surface area contributed by atoms with Crippen LogP contribution >= 0.6 is 11.8 Å². The highest BCUT2D eigenvalue weighted by molar-refractivity contribution is 8.00. The van der Waals surface area contributed by atoms with Gasteiger partial charge >= 0.3 is 0 Å². The van der Waals surface area contributed by atoms with Crippen LogP contribution in [0.5, 0.6) is 11.5 Å². The molecule has 0 fully saturated rings. The lowest BCUT2D eigenvalue weighted by Crippen LogP contribution is -2.16. The monoisotopic (exact) mass is 373 g/mol. The summed E-state index contributed by atoms with van der Waals surface area (Å²) in [5.74, 6) is 1.64. The Kier molecular flexibility index (Phi) is 8.02. The topological polar surface area (TPSA) is 64.6 Å². The predicted octanol–water partition coefficient (Wildman–Crippen LogP) is 4.04. The molecule has 1 N–H and O–H groups in total. The Hall–Kier alpha value is -2.47. The minimum atomic E-state index is -0.165. The summed E-state index contributed by atoms with van der Waals surface area (Å²) in [7, 11) is 0. The van der Waals surface area contributed by atoms with Crippen LogP contribution in [0.4, 0.5) is 5.69 Å². The normalized spacial score (nSPS) is 10.2. The van der Waals surface area contributed by atoms with Crippen molar-refractivity contribution in [2.24, 2.45) is 0 Å². The van der Waals surface area contributed by atoms with Gasteiger partial charge in [-0.3, -0.25) is 9.59 Å². The molecule has 0 aromatic heterocycles. The zero-order valence-electron chi connectivity index (χ0n) is 15.0. The third-order valence-electron chi connectivity index (χ3n) is 3.41. The first-order chi connectivity index (χ1) is 12.6. The van der Waals surface area contributed by atoms with Gasteiger partial charge in [-0.2, -0.15) is 0 Å². The summed E-state index contributed by atoms with van der Waals surface area (Å²) in [6.07, 6.45) is 0. The fourth-order valence-electron chi connectivity index (χ4n) is 2.26. The number of carbonyl (C=O) groups is 2. The molecular formula is C20H23NO4S. The molecule has 138 valence electrons. The van der Waals surface area contributed by atoms with Crippen molar-refractivity contribution in [3.63, 3.8) is 0 Å². The number of ether oxygens (including phenoxy) is 2. The molecule has 5 nitrogen and oxygen atoms in total. The van der Waals surface area contributed by atoms with E-state index in [1.807, 2.05) is 32.0 Å². The minimum Gasteiger partial charge on any atom is -0.494 e. The van der Waals surface area contributed by atoms with Crippen molar-refractivity contribution in [1.82, 2.24) is 0 Å². The molecule has 0 unspecified atom stereocenters. The van der Waals surface area contributed by atoms with Gasteiger partial charge in [-0.25, -0.2) is 0 Å². The Morgan fingerprint density at radius 1 is 0.923 bits per heavy atom. The van der Waals surface area contributed by atoms with E-state index in [9.17, 15) is 9.59 Å². The Bertz CT molecular complexity index is 731. The van der Waals surface area contributed by atoms with Crippen LogP contribution in [0.3, 0.4) is 0 Å². The van der Waals surface area contributed by atoms with E-state index in [2.05, 4.69) is 5.32 Å². The highest BCUT2D eigenvalue weighted by Gasteiger charge is 2.10. The van der Waals surface area contributed by atoms with Crippen LogP contribution in [0.1, 0.15) is 24.2 Å². The van der Waals surface area contributed by atoms with Crippen molar-refractivity contribution < 1.29 is 19.1 Å². The second kappa shape index (κ2) is 10.5. The standard InChI is InChI=1S/C20H23NO4S/c1-3-24-16-11-9-15(10-12-16)18(22)13-26-14-20(23)21-17-7-5-6-8-19(17)25-4-2/h5-12H,3-4,13-14H2,1-2H3,(H,21,23). The van der Waals surface area contributed by atoms with Gasteiger partial charge in [0.1, 0.15) is 11.5 Å². The summed E-state index contributed by atoms with van der Waals surface area (Å²) in [5, 5.41) is 2.82. The molecule has 0 saturated carbocycles. The van der Waals surface area contributed by atoms with E-state index in [1.165, 1.54) is 11.8 Å². The van der Waals surface area contributed by atoms with Crippen LogP contribution < -0.4 is 14.8 Å². The molecule has 0 bridgehead atoms. The van der Waals surface area contributed by atoms with Gasteiger partial charge in [0.2, 0.25) is 5.91 Å². The van der Waals surface area contributed by atoms with Crippen molar-refractivity contribution in [1.29, 1.82) is 0 Å². The number of rotatable bonds is 10. The first-order valence-electron chi connectivity index (χ1n) is 8.49. The fraction of sp³-hybridized carbons (Fsp3) is 0.300. The number of Topliss-reactive ketones (excluding diaryl/α,β-unsaturated/α-hetero) is 1. The zero-order valence-corrected chi connectivity index (χ0v) is 15.8. The summed E-state index contributed by atoms with van der Waals surface area (Å²) in [5.41, 5.74) is 1.25. The molecule has 0 aliphatic heterocycles. The Balaban J connectivity index is 1.80. The molecule has 2 aromatic carbocycles. The molecule has 26 heavy (non-hydrogen) atoms. The average Bonchev–Trinajstić information content (AvgIpc) is 2.64. The summed E-state index contributed by atoms with van der Waals surface area (Å²) in [6, 6.07) is 14.3. The van der Waals surface area contributed by atoms with E-state index in [1.54, 1.807) is 30.3 Å². The lowest BCUT2D eigenvalue weighted by Gasteiger charge is -2.11. The number of hydrogen-bond donors (Lipinski definition) is 1. The molecule has 2 aromatic rings. The summed E-state index contributed by atoms with van der Waals surface area (Å²) in [4.78, 5) is 24.3. The Labute approximate surface area is 158 Å². The first kappa shape index (κ1) is 19.8. The highest BCUT2D eigenvalue weighted by Crippen LogP contribution is 2.24. The number of ketones is 1. The maximum Gasteiger partial charge on any atom is 0.234 e. The minimum absolute atomic E-state index is 0.0134. The first-order valence-corrected chi connectivity index (χ1v) is 9.65. The van der Waals surface area contributed by atoms with Crippen LogP contribution in [-0.2, 0) is 4.79 Å². The highest BCUT2D eigenvalue weighted by atomic mass is 32.2. The third-order valence-corrected chi connectivity index (χ3v) is 4.35. The lowest BCUT2D eigenvalue weighted by atomic mass is 10.1. The Morgan fingerprint density at radius 2 is 1.62 bits per heavy atom. The number of carbonyl (C=O) groups excluding carboxylic acids is 2. The number of thioether (sulfide) groups is 1. The van der Waals surface area contributed by atoms with E-state index < -0.39 is 0 Å². The van der Waals surface area contributed by atoms with Gasteiger partial charge in [0.15, 0.2) is 5.78 Å². The SMILES string of the molecule is CCOc1ccc(C(=O)CSCC(=O)Nc2ccccc2OCC)cc1. The molecule has 0 heterocycles. The van der Waals surface area contributed by atoms with Gasteiger partial charge in [-0.1, -0.05) is 12.1 Å². The van der Waals surface area contributed by atoms with E-state index in [0.29, 0.717) is 30.2 Å². The van der Waals surface area contributed by atoms with Gasteiger partial charge in [0.05, 0.1) is 30.4 Å². The van der Waals surface area contributed by atoms with E-state index in [0.717, 1.165) is 5.75 Å². The number of anilines is 1. The largest absolute Gasteiger partial charge is 0.494 e. The maximum atomic E-state index is 12.2.